The van der Waals surface area contributed by atoms with Crippen LogP contribution in [-0.4, -0.2) is 68.4 Å². The van der Waals surface area contributed by atoms with Crippen molar-refractivity contribution in [3.63, 3.8) is 0 Å². The van der Waals surface area contributed by atoms with Gasteiger partial charge in [-0.25, -0.2) is 4.98 Å². The number of rotatable bonds is 12. The summed E-state index contributed by atoms with van der Waals surface area (Å²) in [4.78, 5) is 18.9. The monoisotopic (exact) mass is 490 g/mol. The van der Waals surface area contributed by atoms with E-state index in [4.69, 9.17) is 25.8 Å². The van der Waals surface area contributed by atoms with Crippen LogP contribution in [0.2, 0.25) is 5.02 Å². The minimum atomic E-state index is -0.147. The molecule has 3 rings (SSSR count). The first kappa shape index (κ1) is 26.1. The number of carbonyl (C=O) groups is 1. The summed E-state index contributed by atoms with van der Waals surface area (Å²) in [5.41, 5.74) is 1.67. The van der Waals surface area contributed by atoms with Crippen LogP contribution in [0.1, 0.15) is 42.6 Å². The largest absolute Gasteiger partial charge is 0.492 e. The number of benzene rings is 1. The molecule has 186 valence electrons. The molecule has 1 saturated heterocycles. The van der Waals surface area contributed by atoms with Crippen molar-refractivity contribution in [1.82, 2.24) is 15.2 Å². The maximum absolute atomic E-state index is 12.1. The predicted octanol–water partition coefficient (Wildman–Crippen LogP) is 3.99. The molecule has 2 aromatic rings. The van der Waals surface area contributed by atoms with Crippen molar-refractivity contribution in [3.8, 4) is 11.5 Å². The molecule has 0 aliphatic carbocycles. The summed E-state index contributed by atoms with van der Waals surface area (Å²) in [6.45, 7) is 8.71. The standard InChI is InChI=1S/C25H35ClN4O4/c1-4-33-21-14-18(15-22(24(21)26)34-5-2)17-30-11-8-20(9-12-30)29-23-7-6-19(16-28-23)25(31)27-10-13-32-3/h6-7,14-16,20H,4-5,8-13,17H2,1-3H3,(H,27,31)(H,28,29). The molecule has 0 atom stereocenters. The predicted molar refractivity (Wildman–Crippen MR) is 134 cm³/mol. The summed E-state index contributed by atoms with van der Waals surface area (Å²) in [6, 6.07) is 8.01. The topological polar surface area (TPSA) is 85.0 Å². The van der Waals surface area contributed by atoms with E-state index in [1.54, 1.807) is 19.4 Å². The molecule has 9 heteroatoms. The number of nitrogens with zero attached hydrogens (tertiary/aromatic N) is 2. The molecule has 0 spiro atoms. The van der Waals surface area contributed by atoms with Crippen LogP contribution in [0.4, 0.5) is 5.82 Å². The first-order valence-corrected chi connectivity index (χ1v) is 12.2. The molecule has 0 radical (unpaired) electrons. The summed E-state index contributed by atoms with van der Waals surface area (Å²) in [5, 5.41) is 6.82. The van der Waals surface area contributed by atoms with Crippen molar-refractivity contribution in [1.29, 1.82) is 0 Å². The molecule has 1 amide bonds. The van der Waals surface area contributed by atoms with Gasteiger partial charge in [0.15, 0.2) is 0 Å². The van der Waals surface area contributed by atoms with Gasteiger partial charge in [0.1, 0.15) is 22.3 Å². The number of carbonyl (C=O) groups excluding carboxylic acids is 1. The van der Waals surface area contributed by atoms with Crippen molar-refractivity contribution in [3.05, 3.63) is 46.6 Å². The zero-order chi connectivity index (χ0) is 24.3. The average molecular weight is 491 g/mol. The fraction of sp³-hybridized carbons (Fsp3) is 0.520. The fourth-order valence-electron chi connectivity index (χ4n) is 3.92. The Hall–Kier alpha value is -2.55. The Bertz CT molecular complexity index is 891. The van der Waals surface area contributed by atoms with Crippen LogP contribution in [0, 0.1) is 0 Å². The van der Waals surface area contributed by atoms with E-state index in [0.29, 0.717) is 54.5 Å². The summed E-state index contributed by atoms with van der Waals surface area (Å²) >= 11 is 6.43. The quantitative estimate of drug-likeness (QED) is 0.435. The number of methoxy groups -OCH3 is 1. The third-order valence-electron chi connectivity index (χ3n) is 5.63. The number of amides is 1. The van der Waals surface area contributed by atoms with Crippen molar-refractivity contribution in [2.45, 2.75) is 39.3 Å². The molecule has 0 unspecified atom stereocenters. The summed E-state index contributed by atoms with van der Waals surface area (Å²) in [7, 11) is 1.60. The molecule has 1 fully saturated rings. The lowest BCUT2D eigenvalue weighted by atomic mass is 10.0. The van der Waals surface area contributed by atoms with Crippen LogP contribution in [0.25, 0.3) is 0 Å². The van der Waals surface area contributed by atoms with E-state index in [-0.39, 0.29) is 5.91 Å². The summed E-state index contributed by atoms with van der Waals surface area (Å²) in [6.07, 6.45) is 3.61. The fourth-order valence-corrected chi connectivity index (χ4v) is 4.14. The molecule has 1 aliphatic heterocycles. The van der Waals surface area contributed by atoms with Gasteiger partial charge in [0.2, 0.25) is 0 Å². The zero-order valence-corrected chi connectivity index (χ0v) is 21.0. The van der Waals surface area contributed by atoms with Gasteiger partial charge in [-0.1, -0.05) is 11.6 Å². The van der Waals surface area contributed by atoms with E-state index < -0.39 is 0 Å². The van der Waals surface area contributed by atoms with Gasteiger partial charge in [-0.2, -0.15) is 0 Å². The lowest BCUT2D eigenvalue weighted by Crippen LogP contribution is -2.38. The van der Waals surface area contributed by atoms with Crippen LogP contribution in [0.5, 0.6) is 11.5 Å². The minimum Gasteiger partial charge on any atom is -0.492 e. The number of likely N-dealkylation sites (tertiary alicyclic amines) is 1. The lowest BCUT2D eigenvalue weighted by Gasteiger charge is -2.32. The highest BCUT2D eigenvalue weighted by Gasteiger charge is 2.21. The minimum absolute atomic E-state index is 0.147. The first-order valence-electron chi connectivity index (χ1n) is 11.8. The van der Waals surface area contributed by atoms with E-state index in [0.717, 1.165) is 43.9 Å². The van der Waals surface area contributed by atoms with E-state index in [9.17, 15) is 4.79 Å². The molecular formula is C25H35ClN4O4. The molecule has 1 aliphatic rings. The maximum atomic E-state index is 12.1. The van der Waals surface area contributed by atoms with Crippen LogP contribution in [0.15, 0.2) is 30.5 Å². The Morgan fingerprint density at radius 3 is 2.38 bits per heavy atom. The van der Waals surface area contributed by atoms with Gasteiger partial charge in [-0.15, -0.1) is 0 Å². The second kappa shape index (κ2) is 13.4. The SMILES string of the molecule is CCOc1cc(CN2CCC(Nc3ccc(C(=O)NCCOC)cn3)CC2)cc(OCC)c1Cl. The highest BCUT2D eigenvalue weighted by atomic mass is 35.5. The highest BCUT2D eigenvalue weighted by Crippen LogP contribution is 2.36. The van der Waals surface area contributed by atoms with E-state index in [2.05, 4.69) is 20.5 Å². The Labute approximate surface area is 206 Å². The maximum Gasteiger partial charge on any atom is 0.252 e. The number of hydrogen-bond donors (Lipinski definition) is 2. The smallest absolute Gasteiger partial charge is 0.252 e. The second-order valence-electron chi connectivity index (χ2n) is 8.15. The third kappa shape index (κ3) is 7.48. The third-order valence-corrected chi connectivity index (χ3v) is 6.00. The first-order chi connectivity index (χ1) is 16.5. The van der Waals surface area contributed by atoms with E-state index in [1.165, 1.54) is 0 Å². The van der Waals surface area contributed by atoms with E-state index >= 15 is 0 Å². The van der Waals surface area contributed by atoms with Gasteiger partial charge < -0.3 is 24.8 Å². The van der Waals surface area contributed by atoms with Crippen molar-refractivity contribution >= 4 is 23.3 Å². The van der Waals surface area contributed by atoms with Gasteiger partial charge in [0.05, 0.1) is 25.4 Å². The number of nitrogens with one attached hydrogen (secondary N) is 2. The number of piperidine rings is 1. The van der Waals surface area contributed by atoms with Crippen LogP contribution in [0.3, 0.4) is 0 Å². The molecule has 0 saturated carbocycles. The number of hydrogen-bond acceptors (Lipinski definition) is 7. The second-order valence-corrected chi connectivity index (χ2v) is 8.53. The zero-order valence-electron chi connectivity index (χ0n) is 20.2. The Morgan fingerprint density at radius 1 is 1.15 bits per heavy atom. The Morgan fingerprint density at radius 2 is 1.82 bits per heavy atom. The van der Waals surface area contributed by atoms with Gasteiger partial charge in [-0.3, -0.25) is 9.69 Å². The highest BCUT2D eigenvalue weighted by molar-refractivity contribution is 6.33. The molecule has 0 bridgehead atoms. The van der Waals surface area contributed by atoms with Gasteiger partial charge in [0.25, 0.3) is 5.91 Å². The van der Waals surface area contributed by atoms with Crippen molar-refractivity contribution in [2.75, 3.05) is 51.9 Å². The molecule has 34 heavy (non-hydrogen) atoms. The number of pyridine rings is 1. The van der Waals surface area contributed by atoms with Crippen LogP contribution in [-0.2, 0) is 11.3 Å². The number of aromatic nitrogens is 1. The molecule has 1 aromatic carbocycles. The van der Waals surface area contributed by atoms with Crippen LogP contribution >= 0.6 is 11.6 Å². The Kier molecular flexibility index (Phi) is 10.2. The molecule has 2 heterocycles. The van der Waals surface area contributed by atoms with E-state index in [1.807, 2.05) is 32.0 Å². The molecule has 1 aromatic heterocycles. The van der Waals surface area contributed by atoms with Crippen molar-refractivity contribution in [2.24, 2.45) is 0 Å². The molecular weight excluding hydrogens is 456 g/mol. The molecule has 2 N–H and O–H groups in total. The number of halogens is 1. The van der Waals surface area contributed by atoms with Crippen LogP contribution < -0.4 is 20.1 Å². The summed E-state index contributed by atoms with van der Waals surface area (Å²) < 4.78 is 16.4. The molecule has 8 nitrogen and oxygen atoms in total. The van der Waals surface area contributed by atoms with Gasteiger partial charge in [0, 0.05) is 45.5 Å². The van der Waals surface area contributed by atoms with Gasteiger partial charge in [-0.05, 0) is 56.5 Å². The Balaban J connectivity index is 1.50. The lowest BCUT2D eigenvalue weighted by molar-refractivity contribution is 0.0936. The van der Waals surface area contributed by atoms with Crippen molar-refractivity contribution < 1.29 is 19.0 Å². The summed E-state index contributed by atoms with van der Waals surface area (Å²) in [5.74, 6) is 1.98. The van der Waals surface area contributed by atoms with Gasteiger partial charge >= 0.3 is 0 Å². The normalized spacial score (nSPS) is 14.6. The number of anilines is 1. The number of ether oxygens (including phenoxy) is 3. The average Bonchev–Trinajstić information content (AvgIpc) is 2.84.